The number of benzene rings is 1. The number of allylic oxidation sites excluding steroid dienone is 1. The van der Waals surface area contributed by atoms with Gasteiger partial charge >= 0.3 is 12.0 Å². The number of carbonyl (C=O) groups excluding carboxylic acids is 2. The molecule has 0 saturated carbocycles. The first kappa shape index (κ1) is 20.6. The summed E-state index contributed by atoms with van der Waals surface area (Å²) < 4.78 is 21.4. The SMILES string of the molecule is CCOCCOC(=O)C1=C(C)NC(=O)NC1c1ccc(OCC)c(OC)c1. The van der Waals surface area contributed by atoms with Gasteiger partial charge in [0.05, 0.1) is 31.9 Å². The Kier molecular flexibility index (Phi) is 7.48. The highest BCUT2D eigenvalue weighted by atomic mass is 16.6. The average Bonchev–Trinajstić information content (AvgIpc) is 2.65. The van der Waals surface area contributed by atoms with Crippen molar-refractivity contribution in [3.8, 4) is 11.5 Å². The Morgan fingerprint density at radius 2 is 1.93 bits per heavy atom. The van der Waals surface area contributed by atoms with Gasteiger partial charge in [-0.2, -0.15) is 0 Å². The van der Waals surface area contributed by atoms with Gasteiger partial charge in [0, 0.05) is 12.3 Å². The third-order valence-corrected chi connectivity index (χ3v) is 3.97. The molecule has 148 valence electrons. The van der Waals surface area contributed by atoms with Crippen molar-refractivity contribution >= 4 is 12.0 Å². The lowest BCUT2D eigenvalue weighted by atomic mass is 9.95. The van der Waals surface area contributed by atoms with Crippen LogP contribution in [-0.2, 0) is 14.3 Å². The van der Waals surface area contributed by atoms with E-state index in [2.05, 4.69) is 10.6 Å². The molecule has 2 amide bonds. The molecule has 8 nitrogen and oxygen atoms in total. The summed E-state index contributed by atoms with van der Waals surface area (Å²) in [6.07, 6.45) is 0. The van der Waals surface area contributed by atoms with Crippen LogP contribution in [0.3, 0.4) is 0 Å². The number of hydrogen-bond acceptors (Lipinski definition) is 6. The number of rotatable bonds is 9. The predicted octanol–water partition coefficient (Wildman–Crippen LogP) is 2.30. The maximum Gasteiger partial charge on any atom is 0.338 e. The van der Waals surface area contributed by atoms with E-state index in [-0.39, 0.29) is 6.61 Å². The van der Waals surface area contributed by atoms with E-state index in [1.165, 1.54) is 7.11 Å². The van der Waals surface area contributed by atoms with Crippen molar-refractivity contribution in [3.05, 3.63) is 35.0 Å². The summed E-state index contributed by atoms with van der Waals surface area (Å²) in [5.74, 6) is 0.590. The maximum absolute atomic E-state index is 12.6. The summed E-state index contributed by atoms with van der Waals surface area (Å²) >= 11 is 0. The highest BCUT2D eigenvalue weighted by molar-refractivity contribution is 5.95. The van der Waals surface area contributed by atoms with Gasteiger partial charge in [-0.15, -0.1) is 0 Å². The quantitative estimate of drug-likeness (QED) is 0.506. The number of urea groups is 1. The number of amides is 2. The van der Waals surface area contributed by atoms with Gasteiger partial charge in [-0.25, -0.2) is 9.59 Å². The van der Waals surface area contributed by atoms with Crippen LogP contribution in [0.1, 0.15) is 32.4 Å². The Hall–Kier alpha value is -2.74. The number of carbonyl (C=O) groups is 2. The zero-order chi connectivity index (χ0) is 19.8. The third-order valence-electron chi connectivity index (χ3n) is 3.97. The molecule has 1 unspecified atom stereocenters. The van der Waals surface area contributed by atoms with Gasteiger partial charge in [-0.3, -0.25) is 0 Å². The second kappa shape index (κ2) is 9.82. The van der Waals surface area contributed by atoms with Crippen molar-refractivity contribution in [3.63, 3.8) is 0 Å². The zero-order valence-electron chi connectivity index (χ0n) is 16.1. The molecule has 2 rings (SSSR count). The normalized spacial score (nSPS) is 16.4. The van der Waals surface area contributed by atoms with Gasteiger partial charge in [-0.05, 0) is 38.5 Å². The fourth-order valence-corrected chi connectivity index (χ4v) is 2.77. The van der Waals surface area contributed by atoms with Crippen molar-refractivity contribution in [2.24, 2.45) is 0 Å². The summed E-state index contributed by atoms with van der Waals surface area (Å²) in [7, 11) is 1.53. The minimum absolute atomic E-state index is 0.136. The van der Waals surface area contributed by atoms with Gasteiger partial charge in [0.25, 0.3) is 0 Å². The van der Waals surface area contributed by atoms with Crippen LogP contribution in [0.25, 0.3) is 0 Å². The molecule has 27 heavy (non-hydrogen) atoms. The smallest absolute Gasteiger partial charge is 0.338 e. The molecule has 1 aliphatic rings. The van der Waals surface area contributed by atoms with Crippen molar-refractivity contribution < 1.29 is 28.5 Å². The highest BCUT2D eigenvalue weighted by Crippen LogP contribution is 2.34. The fourth-order valence-electron chi connectivity index (χ4n) is 2.77. The Balaban J connectivity index is 2.30. The lowest BCUT2D eigenvalue weighted by Gasteiger charge is -2.28. The largest absolute Gasteiger partial charge is 0.493 e. The molecule has 1 aliphatic heterocycles. The van der Waals surface area contributed by atoms with Gasteiger partial charge in [0.15, 0.2) is 11.5 Å². The van der Waals surface area contributed by atoms with Crippen LogP contribution in [0, 0.1) is 0 Å². The number of esters is 1. The Bertz CT molecular complexity index is 716. The van der Waals surface area contributed by atoms with Crippen LogP contribution in [0.5, 0.6) is 11.5 Å². The predicted molar refractivity (Wildman–Crippen MR) is 98.7 cm³/mol. The van der Waals surface area contributed by atoms with Crippen molar-refractivity contribution in [1.82, 2.24) is 10.6 Å². The first-order valence-electron chi connectivity index (χ1n) is 8.85. The summed E-state index contributed by atoms with van der Waals surface area (Å²) in [5, 5.41) is 5.38. The fraction of sp³-hybridized carbons (Fsp3) is 0.474. The van der Waals surface area contributed by atoms with Crippen LogP contribution in [0.15, 0.2) is 29.5 Å². The summed E-state index contributed by atoms with van der Waals surface area (Å²) in [6.45, 7) is 6.90. The summed E-state index contributed by atoms with van der Waals surface area (Å²) in [4.78, 5) is 24.6. The monoisotopic (exact) mass is 378 g/mol. The first-order chi connectivity index (χ1) is 13.0. The lowest BCUT2D eigenvalue weighted by Crippen LogP contribution is -2.45. The molecule has 1 atom stereocenters. The number of methoxy groups -OCH3 is 1. The minimum Gasteiger partial charge on any atom is -0.493 e. The Morgan fingerprint density at radius 1 is 1.15 bits per heavy atom. The minimum atomic E-state index is -0.664. The molecule has 0 saturated heterocycles. The standard InChI is InChI=1S/C19H26N2O6/c1-5-25-9-10-27-18(22)16-12(3)20-19(23)21-17(16)13-7-8-14(26-6-2)15(11-13)24-4/h7-8,11,17H,5-6,9-10H2,1-4H3,(H2,20,21,23). The topological polar surface area (TPSA) is 95.1 Å². The van der Waals surface area contributed by atoms with E-state index >= 15 is 0 Å². The zero-order valence-corrected chi connectivity index (χ0v) is 16.1. The third kappa shape index (κ3) is 5.13. The molecule has 0 fully saturated rings. The molecule has 0 spiro atoms. The molecular weight excluding hydrogens is 352 g/mol. The molecule has 1 aromatic rings. The molecule has 0 bridgehead atoms. The van der Waals surface area contributed by atoms with Crippen LogP contribution < -0.4 is 20.1 Å². The van der Waals surface area contributed by atoms with Gasteiger partial charge in [0.2, 0.25) is 0 Å². The van der Waals surface area contributed by atoms with E-state index in [9.17, 15) is 9.59 Å². The molecule has 0 aromatic heterocycles. The Labute approximate surface area is 158 Å². The van der Waals surface area contributed by atoms with E-state index in [1.54, 1.807) is 25.1 Å². The second-order valence-corrected chi connectivity index (χ2v) is 5.75. The molecule has 0 radical (unpaired) electrons. The maximum atomic E-state index is 12.6. The number of ether oxygens (including phenoxy) is 4. The van der Waals surface area contributed by atoms with E-state index in [0.29, 0.717) is 48.2 Å². The first-order valence-corrected chi connectivity index (χ1v) is 8.85. The van der Waals surface area contributed by atoms with Crippen LogP contribution in [-0.4, -0.2) is 45.5 Å². The van der Waals surface area contributed by atoms with E-state index in [0.717, 1.165) is 0 Å². The molecule has 0 aliphatic carbocycles. The molecular formula is C19H26N2O6. The Morgan fingerprint density at radius 3 is 2.59 bits per heavy atom. The molecule has 1 heterocycles. The van der Waals surface area contributed by atoms with Crippen molar-refractivity contribution in [1.29, 1.82) is 0 Å². The van der Waals surface area contributed by atoms with Gasteiger partial charge in [0.1, 0.15) is 6.61 Å². The number of nitrogens with one attached hydrogen (secondary N) is 2. The second-order valence-electron chi connectivity index (χ2n) is 5.75. The van der Waals surface area contributed by atoms with Crippen molar-refractivity contribution in [2.45, 2.75) is 26.8 Å². The van der Waals surface area contributed by atoms with E-state index in [1.807, 2.05) is 13.8 Å². The summed E-state index contributed by atoms with van der Waals surface area (Å²) in [6, 6.07) is 4.21. The van der Waals surface area contributed by atoms with Gasteiger partial charge in [-0.1, -0.05) is 6.07 Å². The molecule has 2 N–H and O–H groups in total. The summed E-state index contributed by atoms with van der Waals surface area (Å²) in [5.41, 5.74) is 1.46. The van der Waals surface area contributed by atoms with Crippen LogP contribution in [0.4, 0.5) is 4.79 Å². The average molecular weight is 378 g/mol. The van der Waals surface area contributed by atoms with Crippen molar-refractivity contribution in [2.75, 3.05) is 33.5 Å². The van der Waals surface area contributed by atoms with E-state index in [4.69, 9.17) is 18.9 Å². The lowest BCUT2D eigenvalue weighted by molar-refractivity contribution is -0.141. The highest BCUT2D eigenvalue weighted by Gasteiger charge is 2.32. The van der Waals surface area contributed by atoms with Crippen LogP contribution in [0.2, 0.25) is 0 Å². The molecule has 1 aromatic carbocycles. The molecule has 8 heteroatoms. The number of hydrogen-bond donors (Lipinski definition) is 2. The van der Waals surface area contributed by atoms with E-state index < -0.39 is 18.0 Å². The van der Waals surface area contributed by atoms with Crippen LogP contribution >= 0.6 is 0 Å². The van der Waals surface area contributed by atoms with Gasteiger partial charge < -0.3 is 29.6 Å².